The number of halogens is 4. The predicted octanol–water partition coefficient (Wildman–Crippen LogP) is 4.56. The van der Waals surface area contributed by atoms with Gasteiger partial charge < -0.3 is 4.74 Å². The van der Waals surface area contributed by atoms with Crippen molar-refractivity contribution >= 4 is 11.6 Å². The maximum absolute atomic E-state index is 13.0. The Balaban J connectivity index is 2.54. The first-order chi connectivity index (χ1) is 9.29. The van der Waals surface area contributed by atoms with Crippen LogP contribution in [0.1, 0.15) is 17.1 Å². The van der Waals surface area contributed by atoms with Crippen LogP contribution in [0, 0.1) is 13.8 Å². The van der Waals surface area contributed by atoms with Crippen LogP contribution in [0.5, 0.6) is 11.5 Å². The number of aryl methyl sites for hydroxylation is 2. The summed E-state index contributed by atoms with van der Waals surface area (Å²) in [5.74, 6) is -0.383. The Kier molecular flexibility index (Phi) is 3.85. The van der Waals surface area contributed by atoms with Crippen molar-refractivity contribution in [3.8, 4) is 11.5 Å². The molecule has 3 nitrogen and oxygen atoms in total. The number of para-hydroxylation sites is 1. The maximum atomic E-state index is 13.0. The smallest absolute Gasteiger partial charge is 0.437 e. The lowest BCUT2D eigenvalue weighted by Gasteiger charge is -2.15. The molecule has 0 saturated heterocycles. The average molecular weight is 303 g/mol. The van der Waals surface area contributed by atoms with Crippen molar-refractivity contribution in [1.82, 2.24) is 9.97 Å². The van der Waals surface area contributed by atoms with E-state index < -0.39 is 17.6 Å². The van der Waals surface area contributed by atoms with Crippen molar-refractivity contribution < 1.29 is 17.9 Å². The zero-order valence-corrected chi connectivity index (χ0v) is 11.4. The van der Waals surface area contributed by atoms with Crippen molar-refractivity contribution in [3.63, 3.8) is 0 Å². The molecule has 1 aromatic carbocycles. The summed E-state index contributed by atoms with van der Waals surface area (Å²) in [6.07, 6.45) is -4.67. The standard InChI is InChI=1S/C13H10ClF3N2O/c1-7-5-3-4-6-9(7)20-10-11(13(15,16)17)18-8(2)19-12(10)14/h3-6H,1-2H3. The second-order valence-electron chi connectivity index (χ2n) is 4.10. The van der Waals surface area contributed by atoms with E-state index in [9.17, 15) is 13.2 Å². The molecule has 1 aromatic heterocycles. The summed E-state index contributed by atoms with van der Waals surface area (Å²) in [7, 11) is 0. The van der Waals surface area contributed by atoms with Gasteiger partial charge in [-0.25, -0.2) is 9.97 Å². The highest BCUT2D eigenvalue weighted by molar-refractivity contribution is 6.30. The molecule has 0 aliphatic heterocycles. The second-order valence-corrected chi connectivity index (χ2v) is 4.46. The first-order valence-corrected chi connectivity index (χ1v) is 6.01. The highest BCUT2D eigenvalue weighted by Gasteiger charge is 2.38. The summed E-state index contributed by atoms with van der Waals surface area (Å²) >= 11 is 5.77. The van der Waals surface area contributed by atoms with Gasteiger partial charge in [-0.05, 0) is 25.5 Å². The molecule has 0 radical (unpaired) electrons. The number of rotatable bonds is 2. The van der Waals surface area contributed by atoms with Crippen molar-refractivity contribution in [2.75, 3.05) is 0 Å². The Morgan fingerprint density at radius 1 is 1.10 bits per heavy atom. The third kappa shape index (κ3) is 3.01. The van der Waals surface area contributed by atoms with Crippen LogP contribution in [0.15, 0.2) is 24.3 Å². The summed E-state index contributed by atoms with van der Waals surface area (Å²) in [6.45, 7) is 3.05. The lowest BCUT2D eigenvalue weighted by molar-refractivity contribution is -0.142. The van der Waals surface area contributed by atoms with Gasteiger partial charge in [-0.1, -0.05) is 29.8 Å². The lowest BCUT2D eigenvalue weighted by atomic mass is 10.2. The molecule has 2 aromatic rings. The van der Waals surface area contributed by atoms with Crippen LogP contribution >= 0.6 is 11.6 Å². The molecule has 0 amide bonds. The second kappa shape index (κ2) is 5.28. The van der Waals surface area contributed by atoms with Crippen LogP contribution < -0.4 is 4.74 Å². The number of hydrogen-bond acceptors (Lipinski definition) is 3. The highest BCUT2D eigenvalue weighted by atomic mass is 35.5. The van der Waals surface area contributed by atoms with Gasteiger partial charge in [0.15, 0.2) is 16.6 Å². The van der Waals surface area contributed by atoms with E-state index in [0.29, 0.717) is 5.56 Å². The molecule has 0 bridgehead atoms. The van der Waals surface area contributed by atoms with Crippen molar-refractivity contribution in [1.29, 1.82) is 0 Å². The maximum Gasteiger partial charge on any atom is 0.437 e. The molecule has 0 spiro atoms. The van der Waals surface area contributed by atoms with Crippen LogP contribution in [-0.4, -0.2) is 9.97 Å². The van der Waals surface area contributed by atoms with Crippen LogP contribution in [0.4, 0.5) is 13.2 Å². The largest absolute Gasteiger partial charge is 0.452 e. The fraction of sp³-hybridized carbons (Fsp3) is 0.231. The Morgan fingerprint density at radius 2 is 1.75 bits per heavy atom. The van der Waals surface area contributed by atoms with Gasteiger partial charge in [0.05, 0.1) is 0 Å². The van der Waals surface area contributed by atoms with Gasteiger partial charge in [-0.2, -0.15) is 13.2 Å². The monoisotopic (exact) mass is 302 g/mol. The first kappa shape index (κ1) is 14.6. The van der Waals surface area contributed by atoms with Crippen LogP contribution in [0.25, 0.3) is 0 Å². The topological polar surface area (TPSA) is 35.0 Å². The van der Waals surface area contributed by atoms with E-state index in [1.165, 1.54) is 6.92 Å². The number of hydrogen-bond donors (Lipinski definition) is 0. The number of ether oxygens (including phenoxy) is 1. The molecule has 0 fully saturated rings. The van der Waals surface area contributed by atoms with Gasteiger partial charge in [0, 0.05) is 0 Å². The minimum absolute atomic E-state index is 0.0699. The molecule has 20 heavy (non-hydrogen) atoms. The highest BCUT2D eigenvalue weighted by Crippen LogP contribution is 2.40. The van der Waals surface area contributed by atoms with Crippen molar-refractivity contribution in [2.45, 2.75) is 20.0 Å². The van der Waals surface area contributed by atoms with E-state index in [-0.39, 0.29) is 16.7 Å². The molecular weight excluding hydrogens is 293 g/mol. The zero-order chi connectivity index (χ0) is 14.9. The number of alkyl halides is 3. The van der Waals surface area contributed by atoms with Gasteiger partial charge in [0.1, 0.15) is 11.6 Å². The number of nitrogens with zero attached hydrogens (tertiary/aromatic N) is 2. The quantitative estimate of drug-likeness (QED) is 0.763. The molecule has 0 saturated carbocycles. The summed E-state index contributed by atoms with van der Waals surface area (Å²) in [5, 5.41) is -0.368. The van der Waals surface area contributed by atoms with Crippen molar-refractivity contribution in [3.05, 3.63) is 46.5 Å². The molecule has 2 rings (SSSR count). The van der Waals surface area contributed by atoms with E-state index in [2.05, 4.69) is 9.97 Å². The minimum atomic E-state index is -4.67. The number of benzene rings is 1. The van der Waals surface area contributed by atoms with Gasteiger partial charge in [-0.3, -0.25) is 0 Å². The fourth-order valence-corrected chi connectivity index (χ4v) is 1.84. The van der Waals surface area contributed by atoms with Crippen LogP contribution in [0.2, 0.25) is 5.15 Å². The zero-order valence-electron chi connectivity index (χ0n) is 10.6. The number of aromatic nitrogens is 2. The molecule has 0 unspecified atom stereocenters. The van der Waals surface area contributed by atoms with Gasteiger partial charge in [-0.15, -0.1) is 0 Å². The van der Waals surface area contributed by atoms with E-state index in [1.807, 2.05) is 0 Å². The summed E-state index contributed by atoms with van der Waals surface area (Å²) < 4.78 is 44.2. The molecule has 0 N–H and O–H groups in total. The van der Waals surface area contributed by atoms with Gasteiger partial charge in [0.25, 0.3) is 0 Å². The van der Waals surface area contributed by atoms with E-state index >= 15 is 0 Å². The average Bonchev–Trinajstić information content (AvgIpc) is 2.33. The van der Waals surface area contributed by atoms with Gasteiger partial charge >= 0.3 is 6.18 Å². The third-order valence-corrected chi connectivity index (χ3v) is 2.77. The third-order valence-electron chi connectivity index (χ3n) is 2.51. The normalized spacial score (nSPS) is 11.5. The van der Waals surface area contributed by atoms with E-state index in [1.54, 1.807) is 31.2 Å². The SMILES string of the molecule is Cc1nc(Cl)c(Oc2ccccc2C)c(C(F)(F)F)n1. The minimum Gasteiger partial charge on any atom is -0.452 e. The molecule has 0 aliphatic rings. The first-order valence-electron chi connectivity index (χ1n) is 5.64. The van der Waals surface area contributed by atoms with Crippen molar-refractivity contribution in [2.24, 2.45) is 0 Å². The van der Waals surface area contributed by atoms with E-state index in [0.717, 1.165) is 0 Å². The Bertz CT molecular complexity index is 644. The molecular formula is C13H10ClF3N2O. The summed E-state index contributed by atoms with van der Waals surface area (Å²) in [4.78, 5) is 7.09. The van der Waals surface area contributed by atoms with E-state index in [4.69, 9.17) is 16.3 Å². The lowest BCUT2D eigenvalue weighted by Crippen LogP contribution is -2.12. The summed E-state index contributed by atoms with van der Waals surface area (Å²) in [5.41, 5.74) is -0.504. The van der Waals surface area contributed by atoms with Crippen LogP contribution in [0.3, 0.4) is 0 Å². The Labute approximate surface area is 118 Å². The molecule has 0 atom stereocenters. The van der Waals surface area contributed by atoms with Gasteiger partial charge in [0.2, 0.25) is 0 Å². The predicted molar refractivity (Wildman–Crippen MR) is 68.0 cm³/mol. The molecule has 106 valence electrons. The van der Waals surface area contributed by atoms with Crippen LogP contribution in [-0.2, 0) is 6.18 Å². The summed E-state index contributed by atoms with van der Waals surface area (Å²) in [6, 6.07) is 6.66. The molecule has 0 aliphatic carbocycles. The fourth-order valence-electron chi connectivity index (χ4n) is 1.59. The molecule has 7 heteroatoms. The Morgan fingerprint density at radius 3 is 2.35 bits per heavy atom. The Hall–Kier alpha value is -1.82. The molecule has 1 heterocycles.